The van der Waals surface area contributed by atoms with Gasteiger partial charge in [-0.1, -0.05) is 20.3 Å². The predicted octanol–water partition coefficient (Wildman–Crippen LogP) is -2.02. The van der Waals surface area contributed by atoms with Crippen molar-refractivity contribution in [3.8, 4) is 0 Å². The second-order valence-corrected chi connectivity index (χ2v) is 8.24. The predicted molar refractivity (Wildman–Crippen MR) is 118 cm³/mol. The first-order valence-electron chi connectivity index (χ1n) is 10.8. The molecule has 0 aliphatic heterocycles. The van der Waals surface area contributed by atoms with E-state index >= 15 is 0 Å². The van der Waals surface area contributed by atoms with Crippen molar-refractivity contribution in [3.05, 3.63) is 0 Å². The van der Waals surface area contributed by atoms with Gasteiger partial charge in [0.1, 0.15) is 18.1 Å². The first-order valence-corrected chi connectivity index (χ1v) is 10.8. The van der Waals surface area contributed by atoms with E-state index < -0.39 is 72.6 Å². The highest BCUT2D eigenvalue weighted by atomic mass is 16.4. The topological polar surface area (TPSA) is 251 Å². The molecule has 3 amide bonds. The number of aliphatic carboxylic acids is 3. The Morgan fingerprint density at radius 3 is 1.68 bits per heavy atom. The molecule has 0 spiro atoms. The van der Waals surface area contributed by atoms with E-state index in [1.807, 2.05) is 0 Å². The highest BCUT2D eigenvalue weighted by molar-refractivity contribution is 5.96. The van der Waals surface area contributed by atoms with Gasteiger partial charge in [-0.25, -0.2) is 4.79 Å². The molecular weight excluding hydrogens is 454 g/mol. The Labute approximate surface area is 196 Å². The average Bonchev–Trinajstić information content (AvgIpc) is 2.71. The molecule has 0 aromatic heterocycles. The summed E-state index contributed by atoms with van der Waals surface area (Å²) in [5.41, 5.74) is 11.2. The summed E-state index contributed by atoms with van der Waals surface area (Å²) < 4.78 is 0. The van der Waals surface area contributed by atoms with Crippen LogP contribution < -0.4 is 27.4 Å². The van der Waals surface area contributed by atoms with Gasteiger partial charge >= 0.3 is 17.9 Å². The van der Waals surface area contributed by atoms with Crippen LogP contribution in [0.4, 0.5) is 0 Å². The van der Waals surface area contributed by atoms with Crippen LogP contribution in [-0.4, -0.2) is 81.7 Å². The van der Waals surface area contributed by atoms with Crippen molar-refractivity contribution in [1.29, 1.82) is 0 Å². The number of amides is 3. The molecule has 0 heterocycles. The van der Waals surface area contributed by atoms with Gasteiger partial charge in [0.15, 0.2) is 0 Å². The van der Waals surface area contributed by atoms with Crippen molar-refractivity contribution >= 4 is 35.6 Å². The molecule has 0 aliphatic rings. The van der Waals surface area contributed by atoms with Crippen LogP contribution in [0.1, 0.15) is 52.4 Å². The zero-order valence-corrected chi connectivity index (χ0v) is 19.3. The third kappa shape index (κ3) is 12.7. The number of carbonyl (C=O) groups is 6. The van der Waals surface area contributed by atoms with E-state index in [9.17, 15) is 28.8 Å². The summed E-state index contributed by atoms with van der Waals surface area (Å²) in [6, 6.07) is -5.60. The minimum Gasteiger partial charge on any atom is -0.481 e. The van der Waals surface area contributed by atoms with E-state index in [2.05, 4.69) is 16.0 Å². The molecule has 0 rings (SSSR count). The Morgan fingerprint density at radius 1 is 0.735 bits per heavy atom. The minimum atomic E-state index is -1.74. The van der Waals surface area contributed by atoms with Gasteiger partial charge in [0.05, 0.1) is 18.9 Å². The van der Waals surface area contributed by atoms with Gasteiger partial charge in [0.2, 0.25) is 17.7 Å². The Morgan fingerprint density at radius 2 is 1.21 bits per heavy atom. The van der Waals surface area contributed by atoms with Crippen molar-refractivity contribution in [1.82, 2.24) is 16.0 Å². The lowest BCUT2D eigenvalue weighted by molar-refractivity contribution is -0.147. The zero-order valence-electron chi connectivity index (χ0n) is 19.3. The number of unbranched alkanes of at least 4 members (excludes halogenated alkanes) is 1. The summed E-state index contributed by atoms with van der Waals surface area (Å²) in [4.78, 5) is 71.0. The first kappa shape index (κ1) is 30.7. The number of rotatable bonds is 17. The number of nitrogens with one attached hydrogen (secondary N) is 3. The van der Waals surface area contributed by atoms with E-state index in [-0.39, 0.29) is 18.8 Å². The Bertz CT molecular complexity index is 744. The third-order valence-corrected chi connectivity index (χ3v) is 4.65. The lowest BCUT2D eigenvalue weighted by Crippen LogP contribution is -2.57. The number of hydrogen-bond donors (Lipinski definition) is 8. The van der Waals surface area contributed by atoms with Crippen LogP contribution in [0.2, 0.25) is 0 Å². The summed E-state index contributed by atoms with van der Waals surface area (Å²) in [7, 11) is 0. The van der Waals surface area contributed by atoms with Crippen molar-refractivity contribution in [2.24, 2.45) is 17.4 Å². The lowest BCUT2D eigenvalue weighted by Gasteiger charge is -2.25. The fourth-order valence-corrected chi connectivity index (χ4v) is 2.92. The number of nitrogens with two attached hydrogens (primary N) is 2. The van der Waals surface area contributed by atoms with E-state index in [4.69, 9.17) is 26.8 Å². The molecule has 0 aromatic carbocycles. The van der Waals surface area contributed by atoms with Crippen LogP contribution >= 0.6 is 0 Å². The van der Waals surface area contributed by atoms with E-state index in [0.29, 0.717) is 19.4 Å². The fourth-order valence-electron chi connectivity index (χ4n) is 2.92. The van der Waals surface area contributed by atoms with Gasteiger partial charge in [-0.3, -0.25) is 24.0 Å². The summed E-state index contributed by atoms with van der Waals surface area (Å²) in [6.45, 7) is 3.84. The monoisotopic (exact) mass is 489 g/mol. The molecule has 0 fully saturated rings. The summed E-state index contributed by atoms with van der Waals surface area (Å²) >= 11 is 0. The number of carbonyl (C=O) groups excluding carboxylic acids is 3. The van der Waals surface area contributed by atoms with E-state index in [0.717, 1.165) is 0 Å². The van der Waals surface area contributed by atoms with Crippen molar-refractivity contribution in [2.45, 2.75) is 76.5 Å². The van der Waals surface area contributed by atoms with Gasteiger partial charge in [0.25, 0.3) is 0 Å². The van der Waals surface area contributed by atoms with Crippen LogP contribution in [0, 0.1) is 5.92 Å². The third-order valence-electron chi connectivity index (χ3n) is 4.65. The Hall–Kier alpha value is -3.26. The average molecular weight is 490 g/mol. The van der Waals surface area contributed by atoms with Crippen LogP contribution in [0.15, 0.2) is 0 Å². The molecule has 10 N–H and O–H groups in total. The Kier molecular flexibility index (Phi) is 14.1. The Balaban J connectivity index is 5.46. The van der Waals surface area contributed by atoms with Crippen LogP contribution in [0.25, 0.3) is 0 Å². The second-order valence-electron chi connectivity index (χ2n) is 8.24. The molecule has 0 saturated heterocycles. The first-order chi connectivity index (χ1) is 15.8. The summed E-state index contributed by atoms with van der Waals surface area (Å²) in [6.07, 6.45) is -0.195. The van der Waals surface area contributed by atoms with Crippen LogP contribution in [-0.2, 0) is 28.8 Å². The molecule has 4 unspecified atom stereocenters. The van der Waals surface area contributed by atoms with Crippen molar-refractivity contribution in [3.63, 3.8) is 0 Å². The maximum absolute atomic E-state index is 12.8. The highest BCUT2D eigenvalue weighted by Gasteiger charge is 2.32. The minimum absolute atomic E-state index is 0.0311. The molecule has 4 atom stereocenters. The van der Waals surface area contributed by atoms with Gasteiger partial charge in [-0.2, -0.15) is 0 Å². The SMILES string of the molecule is CC(C)CC(NC(=O)C(CC(=O)O)NC(=O)C(N)CCCCN)C(=O)NC(CC(=O)O)C(=O)O. The molecular formula is C20H35N5O9. The van der Waals surface area contributed by atoms with Gasteiger partial charge in [-0.15, -0.1) is 0 Å². The lowest BCUT2D eigenvalue weighted by atomic mass is 10.0. The molecule has 0 radical (unpaired) electrons. The standard InChI is InChI=1S/C20H35N5O9/c1-10(2)7-12(18(31)25-14(20(33)34)9-16(28)29)24-19(32)13(8-15(26)27)23-17(30)11(22)5-3-4-6-21/h10-14H,3-9,21-22H2,1-2H3,(H,23,30)(H,24,32)(H,25,31)(H,26,27)(H,28,29)(H,33,34). The molecule has 0 aromatic rings. The molecule has 34 heavy (non-hydrogen) atoms. The fraction of sp³-hybridized carbons (Fsp3) is 0.700. The largest absolute Gasteiger partial charge is 0.481 e. The maximum atomic E-state index is 12.8. The molecule has 0 bridgehead atoms. The molecule has 14 nitrogen and oxygen atoms in total. The molecule has 0 saturated carbocycles. The van der Waals surface area contributed by atoms with Crippen LogP contribution in [0.5, 0.6) is 0 Å². The van der Waals surface area contributed by atoms with E-state index in [1.165, 1.54) is 0 Å². The second kappa shape index (κ2) is 15.6. The molecule has 194 valence electrons. The highest BCUT2D eigenvalue weighted by Crippen LogP contribution is 2.08. The van der Waals surface area contributed by atoms with Gasteiger partial charge in [-0.05, 0) is 31.7 Å². The smallest absolute Gasteiger partial charge is 0.326 e. The zero-order chi connectivity index (χ0) is 26.4. The molecule has 0 aliphatic carbocycles. The summed E-state index contributed by atoms with van der Waals surface area (Å²) in [5.74, 6) is -7.30. The van der Waals surface area contributed by atoms with E-state index in [1.54, 1.807) is 13.8 Å². The number of carboxylic acids is 3. The normalized spacial score (nSPS) is 14.4. The van der Waals surface area contributed by atoms with Gasteiger partial charge < -0.3 is 42.7 Å². The van der Waals surface area contributed by atoms with Crippen LogP contribution in [0.3, 0.4) is 0 Å². The molecule has 14 heteroatoms. The quantitative estimate of drug-likeness (QED) is 0.103. The van der Waals surface area contributed by atoms with Crippen molar-refractivity contribution in [2.75, 3.05) is 6.54 Å². The summed E-state index contributed by atoms with van der Waals surface area (Å²) in [5, 5.41) is 33.7. The maximum Gasteiger partial charge on any atom is 0.326 e. The number of carboxylic acid groups (broad SMARTS) is 3. The number of hydrogen-bond acceptors (Lipinski definition) is 8. The van der Waals surface area contributed by atoms with Crippen molar-refractivity contribution < 1.29 is 44.1 Å². The van der Waals surface area contributed by atoms with Gasteiger partial charge in [0, 0.05) is 0 Å².